The Morgan fingerprint density at radius 1 is 0.970 bits per heavy atom. The van der Waals surface area contributed by atoms with Crippen molar-refractivity contribution in [1.82, 2.24) is 0 Å². The average Bonchev–Trinajstić information content (AvgIpc) is 2.80. The molecule has 170 valence electrons. The van der Waals surface area contributed by atoms with Crippen LogP contribution in [0.5, 0.6) is 23.0 Å². The van der Waals surface area contributed by atoms with Crippen LogP contribution >= 0.6 is 15.9 Å². The van der Waals surface area contributed by atoms with E-state index >= 15 is 0 Å². The third kappa shape index (κ3) is 4.98. The van der Waals surface area contributed by atoms with Gasteiger partial charge >= 0.3 is 6.18 Å². The van der Waals surface area contributed by atoms with E-state index < -0.39 is 23.1 Å². The maximum Gasteiger partial charge on any atom is 0.453 e. The second kappa shape index (κ2) is 9.19. The fraction of sp³-hybridized carbons (Fsp3) is 0.125. The van der Waals surface area contributed by atoms with Crippen LogP contribution in [0.1, 0.15) is 11.3 Å². The molecule has 0 bridgehead atoms. The third-order valence-electron chi connectivity index (χ3n) is 4.67. The van der Waals surface area contributed by atoms with Crippen LogP contribution in [0, 0.1) is 0 Å². The first kappa shape index (κ1) is 22.7. The van der Waals surface area contributed by atoms with Gasteiger partial charge in [-0.15, -0.1) is 0 Å². The van der Waals surface area contributed by atoms with Crippen LogP contribution in [0.2, 0.25) is 0 Å². The molecule has 0 atom stereocenters. The normalized spacial score (nSPS) is 11.4. The number of alkyl halides is 3. The Morgan fingerprint density at radius 2 is 1.76 bits per heavy atom. The number of hydrogen-bond donors (Lipinski definition) is 0. The summed E-state index contributed by atoms with van der Waals surface area (Å²) in [6.07, 6.45) is -4.96. The first-order valence-corrected chi connectivity index (χ1v) is 10.4. The fourth-order valence-corrected chi connectivity index (χ4v) is 3.46. The first-order valence-electron chi connectivity index (χ1n) is 9.62. The van der Waals surface area contributed by atoms with Crippen molar-refractivity contribution in [2.75, 3.05) is 7.11 Å². The molecule has 5 nitrogen and oxygen atoms in total. The van der Waals surface area contributed by atoms with E-state index in [1.807, 2.05) is 6.07 Å². The van der Waals surface area contributed by atoms with Crippen LogP contribution in [0.25, 0.3) is 11.0 Å². The number of ether oxygens (including phenoxy) is 3. The van der Waals surface area contributed by atoms with E-state index in [1.54, 1.807) is 36.4 Å². The second-order valence-corrected chi connectivity index (χ2v) is 7.77. The lowest BCUT2D eigenvalue weighted by atomic mass is 10.2. The largest absolute Gasteiger partial charge is 0.497 e. The number of rotatable bonds is 6. The summed E-state index contributed by atoms with van der Waals surface area (Å²) in [6.45, 7) is 0.141. The minimum absolute atomic E-state index is 0.0490. The van der Waals surface area contributed by atoms with Gasteiger partial charge in [0.15, 0.2) is 0 Å². The van der Waals surface area contributed by atoms with Gasteiger partial charge < -0.3 is 18.6 Å². The predicted molar refractivity (Wildman–Crippen MR) is 119 cm³/mol. The van der Waals surface area contributed by atoms with Crippen molar-refractivity contribution in [3.8, 4) is 23.0 Å². The van der Waals surface area contributed by atoms with Crippen LogP contribution in [0.4, 0.5) is 13.2 Å². The molecule has 0 amide bonds. The van der Waals surface area contributed by atoms with Crippen molar-refractivity contribution in [3.05, 3.63) is 92.7 Å². The van der Waals surface area contributed by atoms with Crippen molar-refractivity contribution >= 4 is 26.9 Å². The molecule has 4 aromatic rings. The molecule has 0 fully saturated rings. The Balaban J connectivity index is 1.71. The quantitative estimate of drug-likeness (QED) is 0.275. The minimum atomic E-state index is -4.96. The summed E-state index contributed by atoms with van der Waals surface area (Å²) in [6, 6.07) is 17.5. The highest BCUT2D eigenvalue weighted by molar-refractivity contribution is 9.10. The lowest BCUT2D eigenvalue weighted by Gasteiger charge is -2.14. The molecule has 0 aliphatic rings. The molecular weight excluding hydrogens is 505 g/mol. The van der Waals surface area contributed by atoms with Crippen LogP contribution in [0.3, 0.4) is 0 Å². The van der Waals surface area contributed by atoms with Crippen molar-refractivity contribution in [2.45, 2.75) is 12.8 Å². The molecule has 33 heavy (non-hydrogen) atoms. The van der Waals surface area contributed by atoms with Crippen molar-refractivity contribution in [2.24, 2.45) is 0 Å². The molecule has 3 aromatic carbocycles. The number of hydrogen-bond acceptors (Lipinski definition) is 5. The summed E-state index contributed by atoms with van der Waals surface area (Å²) in [7, 11) is 1.54. The van der Waals surface area contributed by atoms with Crippen molar-refractivity contribution in [1.29, 1.82) is 0 Å². The summed E-state index contributed by atoms with van der Waals surface area (Å²) in [5, 5.41) is -0.0706. The predicted octanol–water partition coefficient (Wildman–Crippen LogP) is 6.95. The van der Waals surface area contributed by atoms with Crippen LogP contribution < -0.4 is 19.6 Å². The van der Waals surface area contributed by atoms with E-state index in [2.05, 4.69) is 15.9 Å². The zero-order valence-electron chi connectivity index (χ0n) is 17.1. The van der Waals surface area contributed by atoms with E-state index in [-0.39, 0.29) is 29.1 Å². The van der Waals surface area contributed by atoms with Gasteiger partial charge in [-0.2, -0.15) is 13.2 Å². The van der Waals surface area contributed by atoms with Crippen molar-refractivity contribution in [3.63, 3.8) is 0 Å². The second-order valence-electron chi connectivity index (χ2n) is 6.92. The summed E-state index contributed by atoms with van der Waals surface area (Å²) in [5.74, 6) is -1.53. The first-order chi connectivity index (χ1) is 15.8. The Bertz CT molecular complexity index is 1360. The highest BCUT2D eigenvalue weighted by atomic mass is 79.9. The topological polar surface area (TPSA) is 57.9 Å². The van der Waals surface area contributed by atoms with E-state index in [4.69, 9.17) is 18.6 Å². The highest BCUT2D eigenvalue weighted by Crippen LogP contribution is 2.39. The number of benzene rings is 3. The van der Waals surface area contributed by atoms with Crippen LogP contribution in [-0.2, 0) is 12.8 Å². The zero-order chi connectivity index (χ0) is 23.6. The molecule has 0 N–H and O–H groups in total. The van der Waals surface area contributed by atoms with E-state index in [0.717, 1.165) is 5.56 Å². The van der Waals surface area contributed by atoms with Gasteiger partial charge in [0.1, 0.15) is 29.4 Å². The lowest BCUT2D eigenvalue weighted by Crippen LogP contribution is -2.15. The zero-order valence-corrected chi connectivity index (χ0v) is 18.7. The van der Waals surface area contributed by atoms with Crippen LogP contribution in [0.15, 0.2) is 80.4 Å². The van der Waals surface area contributed by atoms with E-state index in [0.29, 0.717) is 10.2 Å². The number of halogens is 4. The summed E-state index contributed by atoms with van der Waals surface area (Å²) in [4.78, 5) is 12.9. The molecule has 0 saturated carbocycles. The maximum absolute atomic E-state index is 13.7. The minimum Gasteiger partial charge on any atom is -0.497 e. The summed E-state index contributed by atoms with van der Waals surface area (Å²) < 4.78 is 62.9. The van der Waals surface area contributed by atoms with Gasteiger partial charge in [-0.1, -0.05) is 24.3 Å². The molecule has 1 aromatic heterocycles. The SMILES string of the molecule is COc1cccc(COc2ccc3c(=O)c(Oc4ccccc4Br)c(C(F)(F)F)oc3c2)c1. The van der Waals surface area contributed by atoms with Gasteiger partial charge in [-0.05, 0) is 57.9 Å². The van der Waals surface area contributed by atoms with Gasteiger partial charge in [-0.3, -0.25) is 4.79 Å². The summed E-state index contributed by atoms with van der Waals surface area (Å²) >= 11 is 3.19. The smallest absolute Gasteiger partial charge is 0.453 e. The van der Waals surface area contributed by atoms with Gasteiger partial charge in [0.05, 0.1) is 17.0 Å². The van der Waals surface area contributed by atoms with Gasteiger partial charge in [-0.25, -0.2) is 0 Å². The van der Waals surface area contributed by atoms with Gasteiger partial charge in [0.2, 0.25) is 11.2 Å². The number of para-hydroxylation sites is 1. The molecule has 0 spiro atoms. The standard InChI is InChI=1S/C24H16BrF3O5/c1-30-15-6-4-5-14(11-15)13-31-16-9-10-17-20(12-16)33-23(24(26,27)28)22(21(17)29)32-19-8-3-2-7-18(19)25/h2-12H,13H2,1H3. The molecule has 4 rings (SSSR count). The summed E-state index contributed by atoms with van der Waals surface area (Å²) in [5.41, 5.74) is -0.419. The Labute approximate surface area is 194 Å². The number of methoxy groups -OCH3 is 1. The van der Waals surface area contributed by atoms with E-state index in [1.165, 1.54) is 31.4 Å². The Hall–Kier alpha value is -3.46. The monoisotopic (exact) mass is 520 g/mol. The molecule has 1 heterocycles. The van der Waals surface area contributed by atoms with Crippen molar-refractivity contribution < 1.29 is 31.8 Å². The van der Waals surface area contributed by atoms with Gasteiger partial charge in [0.25, 0.3) is 5.76 Å². The fourth-order valence-electron chi connectivity index (χ4n) is 3.09. The molecule has 0 saturated heterocycles. The van der Waals surface area contributed by atoms with Gasteiger partial charge in [0, 0.05) is 6.07 Å². The highest BCUT2D eigenvalue weighted by Gasteiger charge is 2.40. The Morgan fingerprint density at radius 3 is 2.48 bits per heavy atom. The molecular formula is C24H16BrF3O5. The molecule has 0 radical (unpaired) electrons. The molecule has 0 aliphatic carbocycles. The molecule has 0 unspecified atom stereocenters. The molecule has 0 aliphatic heterocycles. The Kier molecular flexibility index (Phi) is 6.33. The maximum atomic E-state index is 13.7. The van der Waals surface area contributed by atoms with Crippen LogP contribution in [-0.4, -0.2) is 7.11 Å². The third-order valence-corrected chi connectivity index (χ3v) is 5.32. The lowest BCUT2D eigenvalue weighted by molar-refractivity contribution is -0.154. The number of fused-ring (bicyclic) bond motifs is 1. The average molecular weight is 521 g/mol. The molecule has 9 heteroatoms. The van der Waals surface area contributed by atoms with E-state index in [9.17, 15) is 18.0 Å².